The Bertz CT molecular complexity index is 469. The highest BCUT2D eigenvalue weighted by Gasteiger charge is 2.28. The Balaban J connectivity index is 2.21. The number of carbonyl (C=O) groups is 1. The summed E-state index contributed by atoms with van der Waals surface area (Å²) in [6.07, 6.45) is 1.22. The minimum atomic E-state index is -1.13. The molecule has 1 aliphatic heterocycles. The lowest BCUT2D eigenvalue weighted by Crippen LogP contribution is -2.42. The van der Waals surface area contributed by atoms with E-state index in [4.69, 9.17) is 16.7 Å². The van der Waals surface area contributed by atoms with Crippen molar-refractivity contribution in [3.05, 3.63) is 17.0 Å². The van der Waals surface area contributed by atoms with Crippen molar-refractivity contribution in [2.45, 2.75) is 25.4 Å². The highest BCUT2D eigenvalue weighted by atomic mass is 35.5. The average molecular weight is 272 g/mol. The van der Waals surface area contributed by atoms with Gasteiger partial charge in [0.05, 0.1) is 5.60 Å². The predicted molar refractivity (Wildman–Crippen MR) is 66.1 cm³/mol. The lowest BCUT2D eigenvalue weighted by atomic mass is 9.94. The van der Waals surface area contributed by atoms with Crippen LogP contribution >= 0.6 is 11.6 Å². The van der Waals surface area contributed by atoms with Crippen LogP contribution in [0.4, 0.5) is 5.82 Å². The highest BCUT2D eigenvalue weighted by molar-refractivity contribution is 6.28. The first-order valence-electron chi connectivity index (χ1n) is 5.63. The van der Waals surface area contributed by atoms with Gasteiger partial charge in [0.2, 0.25) is 5.28 Å². The Morgan fingerprint density at radius 3 is 2.61 bits per heavy atom. The van der Waals surface area contributed by atoms with Crippen molar-refractivity contribution in [1.82, 2.24) is 9.97 Å². The van der Waals surface area contributed by atoms with Crippen LogP contribution in [0.3, 0.4) is 0 Å². The molecule has 0 unspecified atom stereocenters. The van der Waals surface area contributed by atoms with Gasteiger partial charge in [-0.15, -0.1) is 0 Å². The van der Waals surface area contributed by atoms with Gasteiger partial charge in [-0.1, -0.05) is 0 Å². The van der Waals surface area contributed by atoms with Crippen molar-refractivity contribution in [3.8, 4) is 0 Å². The summed E-state index contributed by atoms with van der Waals surface area (Å²) in [6, 6.07) is 1.40. The molecular formula is C11H14ClN3O3. The van der Waals surface area contributed by atoms with Gasteiger partial charge in [-0.05, 0) is 31.4 Å². The molecule has 0 saturated carbocycles. The third-order valence-electron chi connectivity index (χ3n) is 3.07. The number of carboxylic acid groups (broad SMARTS) is 1. The summed E-state index contributed by atoms with van der Waals surface area (Å²) >= 11 is 5.71. The Morgan fingerprint density at radius 1 is 1.44 bits per heavy atom. The van der Waals surface area contributed by atoms with Gasteiger partial charge in [-0.2, -0.15) is 0 Å². The van der Waals surface area contributed by atoms with Gasteiger partial charge in [-0.25, -0.2) is 14.8 Å². The fraction of sp³-hybridized carbons (Fsp3) is 0.545. The van der Waals surface area contributed by atoms with Crippen molar-refractivity contribution in [2.24, 2.45) is 0 Å². The standard InChI is InChI=1S/C11H14ClN3O3/c1-11(18)2-4-15(5-3-11)8-6-7(9(16)17)13-10(12)14-8/h6,18H,2-5H2,1H3,(H,16,17). The molecule has 0 atom stereocenters. The number of halogens is 1. The van der Waals surface area contributed by atoms with E-state index in [0.717, 1.165) is 0 Å². The molecule has 18 heavy (non-hydrogen) atoms. The Morgan fingerprint density at radius 2 is 2.06 bits per heavy atom. The second-order valence-corrected chi connectivity index (χ2v) is 5.01. The Kier molecular flexibility index (Phi) is 3.41. The van der Waals surface area contributed by atoms with Gasteiger partial charge in [0.25, 0.3) is 0 Å². The topological polar surface area (TPSA) is 86.5 Å². The van der Waals surface area contributed by atoms with E-state index in [9.17, 15) is 9.90 Å². The monoisotopic (exact) mass is 271 g/mol. The summed E-state index contributed by atoms with van der Waals surface area (Å²) < 4.78 is 0. The lowest BCUT2D eigenvalue weighted by molar-refractivity contribution is 0.0349. The largest absolute Gasteiger partial charge is 0.477 e. The Labute approximate surface area is 109 Å². The van der Waals surface area contributed by atoms with Crippen molar-refractivity contribution < 1.29 is 15.0 Å². The molecule has 0 aromatic carbocycles. The zero-order valence-corrected chi connectivity index (χ0v) is 10.7. The first kappa shape index (κ1) is 13.0. The predicted octanol–water partition coefficient (Wildman–Crippen LogP) is 1.18. The van der Waals surface area contributed by atoms with Crippen LogP contribution in [0.2, 0.25) is 5.28 Å². The summed E-state index contributed by atoms with van der Waals surface area (Å²) in [4.78, 5) is 20.4. The summed E-state index contributed by atoms with van der Waals surface area (Å²) in [7, 11) is 0. The third kappa shape index (κ3) is 2.88. The van der Waals surface area contributed by atoms with Crippen LogP contribution in [0.15, 0.2) is 6.07 Å². The van der Waals surface area contributed by atoms with Crippen LogP contribution in [0, 0.1) is 0 Å². The number of hydrogen-bond donors (Lipinski definition) is 2. The molecule has 0 radical (unpaired) electrons. The SMILES string of the molecule is CC1(O)CCN(c2cc(C(=O)O)nc(Cl)n2)CC1. The van der Waals surface area contributed by atoms with Crippen molar-refractivity contribution in [3.63, 3.8) is 0 Å². The number of aliphatic hydroxyl groups is 1. The van der Waals surface area contributed by atoms with E-state index in [1.54, 1.807) is 6.92 Å². The molecular weight excluding hydrogens is 258 g/mol. The first-order chi connectivity index (χ1) is 8.37. The molecule has 1 fully saturated rings. The van der Waals surface area contributed by atoms with Crippen molar-refractivity contribution in [1.29, 1.82) is 0 Å². The van der Waals surface area contributed by atoms with Crippen LogP contribution < -0.4 is 4.90 Å². The number of carboxylic acids is 1. The van der Waals surface area contributed by atoms with Gasteiger partial charge in [0.15, 0.2) is 5.69 Å². The van der Waals surface area contributed by atoms with E-state index in [1.807, 2.05) is 4.90 Å². The maximum absolute atomic E-state index is 10.9. The second kappa shape index (κ2) is 4.70. The van der Waals surface area contributed by atoms with E-state index in [2.05, 4.69) is 9.97 Å². The molecule has 1 aliphatic rings. The number of piperidine rings is 1. The zero-order chi connectivity index (χ0) is 13.3. The van der Waals surface area contributed by atoms with Gasteiger partial charge < -0.3 is 15.1 Å². The average Bonchev–Trinajstić information content (AvgIpc) is 2.28. The smallest absolute Gasteiger partial charge is 0.354 e. The second-order valence-electron chi connectivity index (χ2n) is 4.67. The number of rotatable bonds is 2. The van der Waals surface area contributed by atoms with Crippen LogP contribution in [0.5, 0.6) is 0 Å². The summed E-state index contributed by atoms with van der Waals surface area (Å²) in [5.41, 5.74) is -0.787. The van der Waals surface area contributed by atoms with E-state index in [0.29, 0.717) is 31.7 Å². The van der Waals surface area contributed by atoms with E-state index >= 15 is 0 Å². The molecule has 7 heteroatoms. The molecule has 0 aliphatic carbocycles. The molecule has 1 saturated heterocycles. The van der Waals surface area contributed by atoms with E-state index in [1.165, 1.54) is 6.07 Å². The molecule has 98 valence electrons. The molecule has 0 bridgehead atoms. The quantitative estimate of drug-likeness (QED) is 0.786. The molecule has 1 aromatic heterocycles. The number of nitrogens with zero attached hydrogens (tertiary/aromatic N) is 3. The molecule has 2 rings (SSSR count). The summed E-state index contributed by atoms with van der Waals surface area (Å²) in [6.45, 7) is 3.01. The van der Waals surface area contributed by atoms with E-state index in [-0.39, 0.29) is 11.0 Å². The van der Waals surface area contributed by atoms with Crippen LogP contribution in [0.25, 0.3) is 0 Å². The molecule has 2 N–H and O–H groups in total. The van der Waals surface area contributed by atoms with Gasteiger partial charge >= 0.3 is 5.97 Å². The van der Waals surface area contributed by atoms with Crippen LogP contribution in [-0.4, -0.2) is 44.8 Å². The minimum absolute atomic E-state index is 0.0813. The third-order valence-corrected chi connectivity index (χ3v) is 3.24. The number of aromatic carboxylic acids is 1. The molecule has 1 aromatic rings. The maximum atomic E-state index is 10.9. The highest BCUT2D eigenvalue weighted by Crippen LogP contribution is 2.25. The minimum Gasteiger partial charge on any atom is -0.477 e. The molecule has 0 amide bonds. The first-order valence-corrected chi connectivity index (χ1v) is 6.00. The Hall–Kier alpha value is -1.40. The molecule has 6 nitrogen and oxygen atoms in total. The summed E-state index contributed by atoms with van der Waals surface area (Å²) in [5, 5.41) is 18.7. The van der Waals surface area contributed by atoms with Gasteiger partial charge in [0, 0.05) is 19.2 Å². The van der Waals surface area contributed by atoms with Crippen LogP contribution in [-0.2, 0) is 0 Å². The van der Waals surface area contributed by atoms with Crippen LogP contribution in [0.1, 0.15) is 30.3 Å². The van der Waals surface area contributed by atoms with Crippen molar-refractivity contribution >= 4 is 23.4 Å². The summed E-state index contributed by atoms with van der Waals surface area (Å²) in [5.74, 6) is -0.646. The van der Waals surface area contributed by atoms with Gasteiger partial charge in [-0.3, -0.25) is 0 Å². The fourth-order valence-corrected chi connectivity index (χ4v) is 2.07. The number of hydrogen-bond acceptors (Lipinski definition) is 5. The number of aromatic nitrogens is 2. The number of anilines is 1. The maximum Gasteiger partial charge on any atom is 0.354 e. The van der Waals surface area contributed by atoms with E-state index < -0.39 is 11.6 Å². The molecule has 0 spiro atoms. The van der Waals surface area contributed by atoms with Gasteiger partial charge in [0.1, 0.15) is 5.82 Å². The fourth-order valence-electron chi connectivity index (χ4n) is 1.89. The normalized spacial score (nSPS) is 18.7. The lowest BCUT2D eigenvalue weighted by Gasteiger charge is -2.36. The van der Waals surface area contributed by atoms with Crippen molar-refractivity contribution in [2.75, 3.05) is 18.0 Å². The zero-order valence-electron chi connectivity index (χ0n) is 9.93. The molecule has 2 heterocycles.